The summed E-state index contributed by atoms with van der Waals surface area (Å²) in [5, 5.41) is 0. The summed E-state index contributed by atoms with van der Waals surface area (Å²) >= 11 is -4.03. The first-order valence-electron chi connectivity index (χ1n) is 10.5. The molecule has 8 nitrogen and oxygen atoms in total. The van der Waals surface area contributed by atoms with Crippen LogP contribution in [-0.4, -0.2) is 136 Å². The summed E-state index contributed by atoms with van der Waals surface area (Å²) in [6.45, 7) is 12.1. The molecule has 0 fully saturated rings. The summed E-state index contributed by atoms with van der Waals surface area (Å²) in [7, 11) is 16.0. The van der Waals surface area contributed by atoms with Crippen LogP contribution in [-0.2, 0) is 0 Å². The quantitative estimate of drug-likeness (QED) is 0.280. The average molecular weight is 515 g/mol. The van der Waals surface area contributed by atoms with Gasteiger partial charge in [-0.2, -0.15) is 0 Å². The third kappa shape index (κ3) is 5.43. The summed E-state index contributed by atoms with van der Waals surface area (Å²) in [5.41, 5.74) is 0. The van der Waals surface area contributed by atoms with Gasteiger partial charge in [0.2, 0.25) is 0 Å². The molecule has 0 unspecified atom stereocenters. The first-order valence-corrected chi connectivity index (χ1v) is 16.2. The van der Waals surface area contributed by atoms with Crippen molar-refractivity contribution in [2.75, 3.05) is 82.6 Å². The van der Waals surface area contributed by atoms with Crippen molar-refractivity contribution in [3.63, 3.8) is 0 Å². The van der Waals surface area contributed by atoms with Gasteiger partial charge in [-0.25, -0.2) is 0 Å². The summed E-state index contributed by atoms with van der Waals surface area (Å²) in [6.07, 6.45) is 0. The molecule has 0 aromatic heterocycles. The molecule has 0 atom stereocenters. The van der Waals surface area contributed by atoms with E-state index in [1.54, 1.807) is 0 Å². The van der Waals surface area contributed by atoms with Gasteiger partial charge in [0.05, 0.1) is 0 Å². The Morgan fingerprint density at radius 3 is 0.759 bits per heavy atom. The van der Waals surface area contributed by atoms with Crippen molar-refractivity contribution >= 4 is 33.8 Å². The molecule has 0 aliphatic heterocycles. The van der Waals surface area contributed by atoms with E-state index in [4.69, 9.17) is 20.0 Å². The molecule has 9 heteroatoms. The van der Waals surface area contributed by atoms with Gasteiger partial charge < -0.3 is 0 Å². The summed E-state index contributed by atoms with van der Waals surface area (Å²) in [4.78, 5) is 28.6. The summed E-state index contributed by atoms with van der Waals surface area (Å²) < 4.78 is 4.35. The van der Waals surface area contributed by atoms with Crippen molar-refractivity contribution < 1.29 is 0 Å². The van der Waals surface area contributed by atoms with Crippen LogP contribution in [0.3, 0.4) is 0 Å². The van der Waals surface area contributed by atoms with Crippen molar-refractivity contribution in [1.82, 2.24) is 19.6 Å². The van der Waals surface area contributed by atoms with Gasteiger partial charge in [-0.3, -0.25) is 0 Å². The molecule has 0 rings (SSSR count). The van der Waals surface area contributed by atoms with Gasteiger partial charge in [-0.05, 0) is 0 Å². The molecule has 0 N–H and O–H groups in total. The maximum atomic E-state index is 4.90. The van der Waals surface area contributed by atoms with E-state index in [1.165, 1.54) is 0 Å². The molecule has 0 heterocycles. The molecule has 0 aliphatic rings. The van der Waals surface area contributed by atoms with Gasteiger partial charge in [-0.15, -0.1) is 0 Å². The van der Waals surface area contributed by atoms with Gasteiger partial charge in [0.1, 0.15) is 0 Å². The zero-order valence-corrected chi connectivity index (χ0v) is 23.8. The average Bonchev–Trinajstić information content (AvgIpc) is 2.74. The van der Waals surface area contributed by atoms with E-state index in [1.807, 2.05) is 28.2 Å². The molecule has 0 spiro atoms. The third-order valence-electron chi connectivity index (χ3n) is 5.53. The molecular formula is C20H44N8Sn. The summed E-state index contributed by atoms with van der Waals surface area (Å²) in [5.74, 6) is 0. The first kappa shape index (κ1) is 27.7. The molecule has 0 bridgehead atoms. The predicted molar refractivity (Wildman–Crippen MR) is 132 cm³/mol. The van der Waals surface area contributed by atoms with Crippen molar-refractivity contribution in [1.29, 1.82) is 0 Å². The predicted octanol–water partition coefficient (Wildman–Crippen LogP) is 1.51. The molecule has 168 valence electrons. The number of nitrogens with zero attached hydrogens (tertiary/aromatic N) is 8. The molecular weight excluding hydrogens is 471 g/mol. The molecule has 0 amide bonds. The first-order chi connectivity index (χ1) is 13.7. The fraction of sp³-hybridized carbons (Fsp3) is 0.800. The zero-order chi connectivity index (χ0) is 22.8. The van der Waals surface area contributed by atoms with E-state index in [0.717, 1.165) is 41.6 Å². The van der Waals surface area contributed by atoms with Crippen molar-refractivity contribution in [3.05, 3.63) is 0 Å². The zero-order valence-electron chi connectivity index (χ0n) is 20.9. The Morgan fingerprint density at radius 2 is 0.655 bits per heavy atom. The van der Waals surface area contributed by atoms with Crippen LogP contribution in [0.4, 0.5) is 0 Å². The van der Waals surface area contributed by atoms with Crippen LogP contribution in [0, 0.1) is 0 Å². The van der Waals surface area contributed by atoms with Crippen molar-refractivity contribution in [2.24, 2.45) is 20.0 Å². The van der Waals surface area contributed by atoms with E-state index in [-0.39, 0.29) is 0 Å². The van der Waals surface area contributed by atoms with Crippen LogP contribution in [0.25, 0.3) is 0 Å². The van der Waals surface area contributed by atoms with E-state index < -0.39 is 18.4 Å². The number of hydrogen-bond donors (Lipinski definition) is 0. The van der Waals surface area contributed by atoms with E-state index in [0.29, 0.717) is 0 Å². The third-order valence-corrected chi connectivity index (χ3v) is 20.1. The molecule has 29 heavy (non-hydrogen) atoms. The Bertz CT molecular complexity index is 516. The van der Waals surface area contributed by atoms with E-state index >= 15 is 0 Å². The Balaban J connectivity index is 7.71. The number of rotatable bonds is 8. The molecule has 0 saturated heterocycles. The van der Waals surface area contributed by atoms with Crippen LogP contribution in [0.1, 0.15) is 27.7 Å². The maximum absolute atomic E-state index is 4.90. The van der Waals surface area contributed by atoms with E-state index in [9.17, 15) is 0 Å². The van der Waals surface area contributed by atoms with Gasteiger partial charge in [0.25, 0.3) is 0 Å². The van der Waals surface area contributed by atoms with Crippen LogP contribution >= 0.6 is 0 Å². The second-order valence-corrected chi connectivity index (χ2v) is 16.4. The van der Waals surface area contributed by atoms with Gasteiger partial charge in [-0.1, -0.05) is 0 Å². The molecule has 0 aromatic carbocycles. The minimum atomic E-state index is -4.03. The topological polar surface area (TPSA) is 62.4 Å². The van der Waals surface area contributed by atoms with Crippen LogP contribution in [0.5, 0.6) is 0 Å². The van der Waals surface area contributed by atoms with Crippen LogP contribution < -0.4 is 0 Å². The molecule has 0 aromatic rings. The second kappa shape index (κ2) is 13.1. The Hall–Kier alpha value is -1.32. The van der Waals surface area contributed by atoms with Crippen molar-refractivity contribution in [3.8, 4) is 0 Å². The number of aliphatic imine (C=N–C) groups is 4. The fourth-order valence-electron chi connectivity index (χ4n) is 3.70. The minimum absolute atomic E-state index is 0.859. The fourth-order valence-corrected chi connectivity index (χ4v) is 19.3. The second-order valence-electron chi connectivity index (χ2n) is 7.00. The Morgan fingerprint density at radius 1 is 0.483 bits per heavy atom. The van der Waals surface area contributed by atoms with Gasteiger partial charge in [0.15, 0.2) is 0 Å². The molecule has 0 aliphatic carbocycles. The summed E-state index contributed by atoms with van der Waals surface area (Å²) in [6, 6.07) is 0. The number of amidine groups is 4. The number of hydrogen-bond acceptors (Lipinski definition) is 4. The molecule has 0 saturated carbocycles. The van der Waals surface area contributed by atoms with Gasteiger partial charge >= 0.3 is 184 Å². The van der Waals surface area contributed by atoms with Gasteiger partial charge in [0, 0.05) is 0 Å². The normalized spacial score (nSPS) is 15.9. The van der Waals surface area contributed by atoms with E-state index in [2.05, 4.69) is 75.5 Å². The Labute approximate surface area is 183 Å². The SMILES string of the molecule is CCN(C)[C](=NC)[Sn]([C](=NC)N(C)CC)([C](=NC)N(C)CC)[C](=NC)N(C)CC. The monoisotopic (exact) mass is 516 g/mol. The Kier molecular flexibility index (Phi) is 12.5. The van der Waals surface area contributed by atoms with Crippen LogP contribution in [0.15, 0.2) is 20.0 Å². The van der Waals surface area contributed by atoms with Crippen LogP contribution in [0.2, 0.25) is 0 Å². The standard InChI is InChI=1S/4C5H11N2.Sn/c4*1-4-7(3)5-6-2;/h4*4H2,1-3H3;. The molecule has 0 radical (unpaired) electrons. The van der Waals surface area contributed by atoms with Crippen molar-refractivity contribution in [2.45, 2.75) is 27.7 Å².